The van der Waals surface area contributed by atoms with Crippen molar-refractivity contribution in [3.8, 4) is 0 Å². The molecule has 138 valence electrons. The molecule has 1 aromatic carbocycles. The minimum atomic E-state index is -0.821. The number of alkyl halides is 1. The Morgan fingerprint density at radius 3 is 2.60 bits per heavy atom. The number of likely N-dealkylation sites (tertiary alicyclic amines) is 1. The molecule has 1 saturated carbocycles. The number of nitrogens with zero attached hydrogens (tertiary/aromatic N) is 1. The average Bonchev–Trinajstić information content (AvgIpc) is 2.93. The highest BCUT2D eigenvalue weighted by molar-refractivity contribution is 5.69. The molecule has 1 atom stereocenters. The highest BCUT2D eigenvalue weighted by atomic mass is 19.1. The summed E-state index contributed by atoms with van der Waals surface area (Å²) in [6.07, 6.45) is 0.528. The van der Waals surface area contributed by atoms with Crippen LogP contribution >= 0.6 is 0 Å². The number of carbonyl (C=O) groups excluding carboxylic acids is 1. The fourth-order valence-electron chi connectivity index (χ4n) is 4.04. The molecule has 1 heterocycles. The van der Waals surface area contributed by atoms with Gasteiger partial charge in [0.05, 0.1) is 5.54 Å². The van der Waals surface area contributed by atoms with Gasteiger partial charge < -0.3 is 10.1 Å². The van der Waals surface area contributed by atoms with E-state index in [0.29, 0.717) is 12.8 Å². The molecule has 2 aliphatic rings. The standard InChI is InChI=1S/C20H29FN2O2/c1-19(2,3)25-18(24)22-20(11-17(21)12-20)16-9-10-23(14-16)13-15-7-5-4-6-8-15/h4-8,16-17H,9-14H2,1-3H3,(H,22,24). The molecule has 0 spiro atoms. The first kappa shape index (κ1) is 18.2. The molecule has 1 N–H and O–H groups in total. The third kappa shape index (κ3) is 4.51. The van der Waals surface area contributed by atoms with Crippen molar-refractivity contribution >= 4 is 6.09 Å². The zero-order chi connectivity index (χ0) is 18.1. The molecule has 25 heavy (non-hydrogen) atoms. The van der Waals surface area contributed by atoms with Crippen molar-refractivity contribution in [2.24, 2.45) is 5.92 Å². The predicted molar refractivity (Wildman–Crippen MR) is 96.1 cm³/mol. The maximum absolute atomic E-state index is 13.7. The molecule has 1 aliphatic heterocycles. The molecule has 2 fully saturated rings. The minimum Gasteiger partial charge on any atom is -0.444 e. The Kier molecular flexibility index (Phi) is 5.05. The number of amides is 1. The highest BCUT2D eigenvalue weighted by Gasteiger charge is 2.53. The number of ether oxygens (including phenoxy) is 1. The van der Waals surface area contributed by atoms with E-state index >= 15 is 0 Å². The summed E-state index contributed by atoms with van der Waals surface area (Å²) in [6.45, 7) is 8.30. The van der Waals surface area contributed by atoms with Gasteiger partial charge in [0.2, 0.25) is 0 Å². The zero-order valence-corrected chi connectivity index (χ0v) is 15.4. The van der Waals surface area contributed by atoms with E-state index in [4.69, 9.17) is 4.74 Å². The smallest absolute Gasteiger partial charge is 0.408 e. The van der Waals surface area contributed by atoms with E-state index in [1.165, 1.54) is 5.56 Å². The van der Waals surface area contributed by atoms with E-state index in [2.05, 4.69) is 22.3 Å². The summed E-state index contributed by atoms with van der Waals surface area (Å²) in [5.41, 5.74) is 0.293. The topological polar surface area (TPSA) is 41.6 Å². The lowest BCUT2D eigenvalue weighted by molar-refractivity contribution is -0.000776. The van der Waals surface area contributed by atoms with Crippen molar-refractivity contribution in [3.05, 3.63) is 35.9 Å². The number of nitrogens with one attached hydrogen (secondary N) is 1. The van der Waals surface area contributed by atoms with Crippen LogP contribution in [0, 0.1) is 5.92 Å². The van der Waals surface area contributed by atoms with E-state index in [-0.39, 0.29) is 5.92 Å². The molecule has 3 rings (SSSR count). The minimum absolute atomic E-state index is 0.274. The molecule has 1 unspecified atom stereocenters. The second-order valence-corrected chi connectivity index (χ2v) is 8.49. The summed E-state index contributed by atoms with van der Waals surface area (Å²) in [4.78, 5) is 14.6. The van der Waals surface area contributed by atoms with Gasteiger partial charge in [-0.2, -0.15) is 0 Å². The first-order chi connectivity index (χ1) is 11.8. The predicted octanol–water partition coefficient (Wildman–Crippen LogP) is 3.90. The molecule has 1 aliphatic carbocycles. The second kappa shape index (κ2) is 6.94. The lowest BCUT2D eigenvalue weighted by Crippen LogP contribution is -2.63. The van der Waals surface area contributed by atoms with Crippen LogP contribution in [-0.2, 0) is 11.3 Å². The summed E-state index contributed by atoms with van der Waals surface area (Å²) >= 11 is 0. The molecular weight excluding hydrogens is 319 g/mol. The van der Waals surface area contributed by atoms with Crippen LogP contribution in [0.3, 0.4) is 0 Å². The van der Waals surface area contributed by atoms with Crippen molar-refractivity contribution in [2.75, 3.05) is 13.1 Å². The number of hydrogen-bond acceptors (Lipinski definition) is 3. The fraction of sp³-hybridized carbons (Fsp3) is 0.650. The van der Waals surface area contributed by atoms with Crippen LogP contribution in [0.2, 0.25) is 0 Å². The van der Waals surface area contributed by atoms with Gasteiger partial charge in [-0.3, -0.25) is 4.90 Å². The van der Waals surface area contributed by atoms with Crippen LogP contribution in [0.25, 0.3) is 0 Å². The lowest BCUT2D eigenvalue weighted by atomic mass is 9.66. The molecule has 1 aromatic rings. The summed E-state index contributed by atoms with van der Waals surface area (Å²) in [6, 6.07) is 10.4. The molecule has 0 aromatic heterocycles. The van der Waals surface area contributed by atoms with Crippen molar-refractivity contribution in [3.63, 3.8) is 0 Å². The highest BCUT2D eigenvalue weighted by Crippen LogP contribution is 2.44. The van der Waals surface area contributed by atoms with Gasteiger partial charge in [-0.15, -0.1) is 0 Å². The third-order valence-electron chi connectivity index (χ3n) is 5.22. The van der Waals surface area contributed by atoms with E-state index in [1.54, 1.807) is 0 Å². The van der Waals surface area contributed by atoms with Crippen LogP contribution in [0.15, 0.2) is 30.3 Å². The Morgan fingerprint density at radius 2 is 2.00 bits per heavy atom. The Balaban J connectivity index is 1.60. The van der Waals surface area contributed by atoms with Crippen LogP contribution in [0.4, 0.5) is 9.18 Å². The van der Waals surface area contributed by atoms with Crippen molar-refractivity contribution in [1.29, 1.82) is 0 Å². The average molecular weight is 348 g/mol. The van der Waals surface area contributed by atoms with Crippen molar-refractivity contribution < 1.29 is 13.9 Å². The molecule has 0 bridgehead atoms. The van der Waals surface area contributed by atoms with Gasteiger partial charge in [0.1, 0.15) is 11.8 Å². The number of alkyl carbamates (subject to hydrolysis) is 1. The number of hydrogen-bond donors (Lipinski definition) is 1. The quantitative estimate of drug-likeness (QED) is 0.897. The number of rotatable bonds is 4. The first-order valence-electron chi connectivity index (χ1n) is 9.17. The molecule has 5 heteroatoms. The molecular formula is C20H29FN2O2. The van der Waals surface area contributed by atoms with E-state index in [1.807, 2.05) is 39.0 Å². The Morgan fingerprint density at radius 1 is 1.32 bits per heavy atom. The van der Waals surface area contributed by atoms with Crippen LogP contribution in [0.5, 0.6) is 0 Å². The van der Waals surface area contributed by atoms with Gasteiger partial charge in [0.15, 0.2) is 0 Å². The van der Waals surface area contributed by atoms with Gasteiger partial charge in [-0.05, 0) is 45.2 Å². The Labute approximate surface area is 149 Å². The second-order valence-electron chi connectivity index (χ2n) is 8.49. The Bertz CT molecular complexity index is 593. The van der Waals surface area contributed by atoms with E-state index < -0.39 is 23.4 Å². The summed E-state index contributed by atoms with van der Waals surface area (Å²) in [5.74, 6) is 0.274. The van der Waals surface area contributed by atoms with Crippen molar-refractivity contribution in [2.45, 2.75) is 63.9 Å². The lowest BCUT2D eigenvalue weighted by Gasteiger charge is -2.49. The maximum atomic E-state index is 13.7. The number of halogens is 1. The van der Waals surface area contributed by atoms with Gasteiger partial charge in [0, 0.05) is 25.9 Å². The first-order valence-corrected chi connectivity index (χ1v) is 9.17. The van der Waals surface area contributed by atoms with Gasteiger partial charge in [-0.25, -0.2) is 9.18 Å². The molecule has 4 nitrogen and oxygen atoms in total. The van der Waals surface area contributed by atoms with Gasteiger partial charge in [0.25, 0.3) is 0 Å². The summed E-state index contributed by atoms with van der Waals surface area (Å²) in [5, 5.41) is 3.02. The molecule has 1 saturated heterocycles. The van der Waals surface area contributed by atoms with Crippen molar-refractivity contribution in [1.82, 2.24) is 10.2 Å². The number of carbonyl (C=O) groups is 1. The fourth-order valence-corrected chi connectivity index (χ4v) is 4.04. The maximum Gasteiger partial charge on any atom is 0.408 e. The van der Waals surface area contributed by atoms with Gasteiger partial charge >= 0.3 is 6.09 Å². The normalized spacial score (nSPS) is 29.9. The van der Waals surface area contributed by atoms with E-state index in [0.717, 1.165) is 26.1 Å². The van der Waals surface area contributed by atoms with E-state index in [9.17, 15) is 9.18 Å². The largest absolute Gasteiger partial charge is 0.444 e. The number of benzene rings is 1. The van der Waals surface area contributed by atoms with Gasteiger partial charge in [-0.1, -0.05) is 30.3 Å². The SMILES string of the molecule is CC(C)(C)OC(=O)NC1(C2CCN(Cc3ccccc3)C2)CC(F)C1. The Hall–Kier alpha value is -1.62. The third-order valence-corrected chi connectivity index (χ3v) is 5.22. The summed E-state index contributed by atoms with van der Waals surface area (Å²) in [7, 11) is 0. The molecule has 0 radical (unpaired) electrons. The monoisotopic (exact) mass is 348 g/mol. The molecule has 1 amide bonds. The zero-order valence-electron chi connectivity index (χ0n) is 15.4. The summed E-state index contributed by atoms with van der Waals surface area (Å²) < 4.78 is 19.1. The van der Waals surface area contributed by atoms with Crippen LogP contribution in [0.1, 0.15) is 45.6 Å². The van der Waals surface area contributed by atoms with Crippen LogP contribution in [-0.4, -0.2) is 41.4 Å². The van der Waals surface area contributed by atoms with Crippen LogP contribution < -0.4 is 5.32 Å².